The van der Waals surface area contributed by atoms with Gasteiger partial charge < -0.3 is 10.5 Å². The Morgan fingerprint density at radius 3 is 2.90 bits per heavy atom. The molecule has 0 radical (unpaired) electrons. The Bertz CT molecular complexity index is 533. The summed E-state index contributed by atoms with van der Waals surface area (Å²) >= 11 is 6.15. The molecule has 0 aliphatic carbocycles. The number of rotatable bonds is 4. The van der Waals surface area contributed by atoms with E-state index < -0.39 is 5.97 Å². The average Bonchev–Trinajstić information content (AvgIpc) is 2.88. The Hall–Kier alpha value is -1.59. The molecule has 1 fully saturated rings. The molecule has 5 nitrogen and oxygen atoms in total. The fourth-order valence-electron chi connectivity index (χ4n) is 2.50. The second kappa shape index (κ2) is 6.24. The van der Waals surface area contributed by atoms with Gasteiger partial charge in [-0.05, 0) is 43.1 Å². The van der Waals surface area contributed by atoms with Crippen molar-refractivity contribution in [1.29, 1.82) is 0 Å². The molecule has 1 aromatic rings. The number of hydrogen-bond donors (Lipinski definition) is 1. The van der Waals surface area contributed by atoms with Crippen LogP contribution in [0.5, 0.6) is 0 Å². The third kappa shape index (κ3) is 3.11. The van der Waals surface area contributed by atoms with Crippen molar-refractivity contribution in [3.63, 3.8) is 0 Å². The molecule has 1 aromatic carbocycles. The fraction of sp³-hybridized carbons (Fsp3) is 0.429. The predicted octanol–water partition coefficient (Wildman–Crippen LogP) is 1.58. The van der Waals surface area contributed by atoms with Gasteiger partial charge in [0.05, 0.1) is 18.7 Å². The van der Waals surface area contributed by atoms with E-state index in [0.717, 1.165) is 24.9 Å². The molecule has 1 saturated heterocycles. The Kier molecular flexibility index (Phi) is 4.62. The molecule has 0 saturated carbocycles. The van der Waals surface area contributed by atoms with Crippen molar-refractivity contribution in [1.82, 2.24) is 4.90 Å². The maximum Gasteiger partial charge on any atom is 0.337 e. The van der Waals surface area contributed by atoms with Crippen LogP contribution in [0, 0.1) is 0 Å². The summed E-state index contributed by atoms with van der Waals surface area (Å²) in [4.78, 5) is 24.9. The maximum atomic E-state index is 11.5. The molecule has 1 unspecified atom stereocenters. The summed E-state index contributed by atoms with van der Waals surface area (Å²) in [6.07, 6.45) is 1.70. The van der Waals surface area contributed by atoms with Crippen molar-refractivity contribution in [2.75, 3.05) is 13.7 Å². The minimum Gasteiger partial charge on any atom is -0.465 e. The highest BCUT2D eigenvalue weighted by molar-refractivity contribution is 6.31. The molecule has 1 aliphatic rings. The lowest BCUT2D eigenvalue weighted by Crippen LogP contribution is -2.39. The zero-order chi connectivity index (χ0) is 14.7. The monoisotopic (exact) mass is 296 g/mol. The smallest absolute Gasteiger partial charge is 0.337 e. The lowest BCUT2D eigenvalue weighted by Gasteiger charge is -2.22. The molecule has 2 rings (SSSR count). The van der Waals surface area contributed by atoms with Crippen LogP contribution in [-0.2, 0) is 16.1 Å². The predicted molar refractivity (Wildman–Crippen MR) is 75.4 cm³/mol. The normalized spacial score (nSPS) is 19.0. The van der Waals surface area contributed by atoms with Gasteiger partial charge in [-0.25, -0.2) is 4.79 Å². The number of ether oxygens (including phenoxy) is 1. The summed E-state index contributed by atoms with van der Waals surface area (Å²) in [6.45, 7) is 1.30. The zero-order valence-corrected chi connectivity index (χ0v) is 12.0. The van der Waals surface area contributed by atoms with Gasteiger partial charge in [0.1, 0.15) is 0 Å². The van der Waals surface area contributed by atoms with Crippen LogP contribution in [-0.4, -0.2) is 36.5 Å². The van der Waals surface area contributed by atoms with Gasteiger partial charge in [0.2, 0.25) is 5.91 Å². The first kappa shape index (κ1) is 14.8. The van der Waals surface area contributed by atoms with E-state index in [2.05, 4.69) is 0 Å². The summed E-state index contributed by atoms with van der Waals surface area (Å²) in [7, 11) is 1.33. The van der Waals surface area contributed by atoms with Crippen LogP contribution in [0.25, 0.3) is 0 Å². The molecule has 1 heterocycles. The van der Waals surface area contributed by atoms with Gasteiger partial charge in [-0.2, -0.15) is 0 Å². The number of carbonyl (C=O) groups is 2. The van der Waals surface area contributed by atoms with Crippen molar-refractivity contribution in [2.45, 2.75) is 25.4 Å². The van der Waals surface area contributed by atoms with Gasteiger partial charge in [-0.15, -0.1) is 0 Å². The molecular formula is C14H17ClN2O3. The number of benzene rings is 1. The van der Waals surface area contributed by atoms with E-state index in [9.17, 15) is 9.59 Å². The third-order valence-electron chi connectivity index (χ3n) is 3.53. The first-order chi connectivity index (χ1) is 9.52. The fourth-order valence-corrected chi connectivity index (χ4v) is 2.67. The molecule has 0 spiro atoms. The number of carbonyl (C=O) groups excluding carboxylic acids is 2. The molecule has 20 heavy (non-hydrogen) atoms. The minimum absolute atomic E-state index is 0.257. The van der Waals surface area contributed by atoms with E-state index in [-0.39, 0.29) is 11.9 Å². The number of esters is 1. The number of nitrogens with two attached hydrogens (primary N) is 1. The molecule has 0 bridgehead atoms. The number of halogens is 1. The molecule has 2 N–H and O–H groups in total. The van der Waals surface area contributed by atoms with Gasteiger partial charge >= 0.3 is 5.97 Å². The number of nitrogens with zero attached hydrogens (tertiary/aromatic N) is 1. The van der Waals surface area contributed by atoms with E-state index in [0.29, 0.717) is 17.1 Å². The highest BCUT2D eigenvalue weighted by atomic mass is 35.5. The van der Waals surface area contributed by atoms with Crippen molar-refractivity contribution in [3.8, 4) is 0 Å². The maximum absolute atomic E-state index is 11.5. The van der Waals surface area contributed by atoms with Crippen LogP contribution in [0.15, 0.2) is 18.2 Å². The molecule has 1 amide bonds. The minimum atomic E-state index is -0.407. The van der Waals surface area contributed by atoms with Gasteiger partial charge in [-0.1, -0.05) is 11.6 Å². The van der Waals surface area contributed by atoms with Gasteiger partial charge in [-0.3, -0.25) is 9.69 Å². The number of hydrogen-bond acceptors (Lipinski definition) is 4. The summed E-state index contributed by atoms with van der Waals surface area (Å²) < 4.78 is 4.69. The van der Waals surface area contributed by atoms with Crippen LogP contribution in [0.4, 0.5) is 0 Å². The Morgan fingerprint density at radius 2 is 2.25 bits per heavy atom. The largest absolute Gasteiger partial charge is 0.465 e. The van der Waals surface area contributed by atoms with E-state index in [1.165, 1.54) is 7.11 Å². The van der Waals surface area contributed by atoms with Crippen molar-refractivity contribution in [3.05, 3.63) is 34.3 Å². The Morgan fingerprint density at radius 1 is 1.50 bits per heavy atom. The Labute approximate surface area is 122 Å². The number of likely N-dealkylation sites (tertiary alicyclic amines) is 1. The lowest BCUT2D eigenvalue weighted by molar-refractivity contribution is -0.122. The first-order valence-corrected chi connectivity index (χ1v) is 6.81. The first-order valence-electron chi connectivity index (χ1n) is 6.43. The van der Waals surface area contributed by atoms with Crippen molar-refractivity contribution in [2.24, 2.45) is 5.73 Å². The second-order valence-corrected chi connectivity index (χ2v) is 5.24. The quantitative estimate of drug-likeness (QED) is 0.856. The standard InChI is InChI=1S/C14H17ClN2O3/c1-20-14(19)9-4-5-11(15)10(7-9)8-17-6-2-3-12(17)13(16)18/h4-5,7,12H,2-3,6,8H2,1H3,(H2,16,18). The van der Waals surface area contributed by atoms with Crippen molar-refractivity contribution < 1.29 is 14.3 Å². The van der Waals surface area contributed by atoms with Crippen molar-refractivity contribution >= 4 is 23.5 Å². The summed E-state index contributed by atoms with van der Waals surface area (Å²) in [6, 6.07) is 4.73. The molecule has 1 aliphatic heterocycles. The van der Waals surface area contributed by atoms with Gasteiger partial charge in [0, 0.05) is 11.6 Å². The zero-order valence-electron chi connectivity index (χ0n) is 11.3. The third-order valence-corrected chi connectivity index (χ3v) is 3.90. The Balaban J connectivity index is 2.20. The number of primary amides is 1. The van der Waals surface area contributed by atoms with Crippen LogP contribution in [0.3, 0.4) is 0 Å². The highest BCUT2D eigenvalue weighted by Gasteiger charge is 2.29. The SMILES string of the molecule is COC(=O)c1ccc(Cl)c(CN2CCCC2C(N)=O)c1. The summed E-state index contributed by atoms with van der Waals surface area (Å²) in [5, 5.41) is 0.563. The molecule has 0 aromatic heterocycles. The van der Waals surface area contributed by atoms with E-state index in [1.54, 1.807) is 18.2 Å². The van der Waals surface area contributed by atoms with Crippen LogP contribution < -0.4 is 5.73 Å². The van der Waals surface area contributed by atoms with Crippen LogP contribution in [0.2, 0.25) is 5.02 Å². The summed E-state index contributed by atoms with van der Waals surface area (Å²) in [5.41, 5.74) is 6.63. The molecule has 6 heteroatoms. The average molecular weight is 297 g/mol. The van der Waals surface area contributed by atoms with E-state index in [1.807, 2.05) is 4.90 Å². The highest BCUT2D eigenvalue weighted by Crippen LogP contribution is 2.24. The number of amides is 1. The van der Waals surface area contributed by atoms with Gasteiger partial charge in [0.15, 0.2) is 0 Å². The van der Waals surface area contributed by atoms with E-state index >= 15 is 0 Å². The second-order valence-electron chi connectivity index (χ2n) is 4.83. The molecule has 108 valence electrons. The molecule has 1 atom stereocenters. The lowest BCUT2D eigenvalue weighted by atomic mass is 10.1. The van der Waals surface area contributed by atoms with Gasteiger partial charge in [0.25, 0.3) is 0 Å². The number of methoxy groups -OCH3 is 1. The van der Waals surface area contributed by atoms with Crippen LogP contribution in [0.1, 0.15) is 28.8 Å². The topological polar surface area (TPSA) is 72.6 Å². The van der Waals surface area contributed by atoms with Crippen LogP contribution >= 0.6 is 11.6 Å². The molecular weight excluding hydrogens is 280 g/mol. The van der Waals surface area contributed by atoms with E-state index in [4.69, 9.17) is 22.1 Å². The summed E-state index contributed by atoms with van der Waals surface area (Å²) in [5.74, 6) is -0.724.